The minimum Gasteiger partial charge on any atom is -0.457 e. The Morgan fingerprint density at radius 1 is 1.00 bits per heavy atom. The second kappa shape index (κ2) is 7.84. The van der Waals surface area contributed by atoms with Crippen LogP contribution in [0.5, 0.6) is 11.5 Å². The Hall–Kier alpha value is -1.80. The summed E-state index contributed by atoms with van der Waals surface area (Å²) < 4.78 is 6.09. The summed E-state index contributed by atoms with van der Waals surface area (Å²) in [5, 5.41) is 3.51. The van der Waals surface area contributed by atoms with E-state index in [0.29, 0.717) is 6.04 Å². The molecule has 0 aliphatic rings. The van der Waals surface area contributed by atoms with Crippen LogP contribution < -0.4 is 10.1 Å². The Labute approximate surface area is 128 Å². The average molecular weight is 283 g/mol. The van der Waals surface area contributed by atoms with Crippen molar-refractivity contribution >= 4 is 0 Å². The molecule has 21 heavy (non-hydrogen) atoms. The summed E-state index contributed by atoms with van der Waals surface area (Å²) in [5.74, 6) is 1.86. The third kappa shape index (κ3) is 4.08. The highest BCUT2D eigenvalue weighted by molar-refractivity contribution is 5.39. The zero-order valence-electron chi connectivity index (χ0n) is 13.2. The van der Waals surface area contributed by atoms with Gasteiger partial charge in [0.05, 0.1) is 0 Å². The minimum atomic E-state index is 0.389. The maximum Gasteiger partial charge on any atom is 0.130 e. The number of hydrogen-bond donors (Lipinski definition) is 1. The van der Waals surface area contributed by atoms with Gasteiger partial charge in [-0.2, -0.15) is 0 Å². The maximum atomic E-state index is 6.09. The zero-order valence-corrected chi connectivity index (χ0v) is 13.2. The maximum absolute atomic E-state index is 6.09. The first kappa shape index (κ1) is 15.6. The van der Waals surface area contributed by atoms with Gasteiger partial charge in [-0.25, -0.2) is 0 Å². The predicted octanol–water partition coefficient (Wildman–Crippen LogP) is 5.10. The summed E-state index contributed by atoms with van der Waals surface area (Å²) in [6, 6.07) is 17.0. The molecule has 0 spiro atoms. The fourth-order valence-corrected chi connectivity index (χ4v) is 2.56. The first-order valence-electron chi connectivity index (χ1n) is 7.87. The average Bonchev–Trinajstić information content (AvgIpc) is 2.53. The van der Waals surface area contributed by atoms with Crippen LogP contribution >= 0.6 is 0 Å². The fourth-order valence-electron chi connectivity index (χ4n) is 2.56. The van der Waals surface area contributed by atoms with Gasteiger partial charge in [0.1, 0.15) is 11.5 Å². The number of rotatable bonds is 7. The van der Waals surface area contributed by atoms with Gasteiger partial charge in [-0.15, -0.1) is 0 Å². The molecule has 2 nitrogen and oxygen atoms in total. The number of benzene rings is 2. The van der Waals surface area contributed by atoms with Crippen LogP contribution in [0.15, 0.2) is 48.5 Å². The van der Waals surface area contributed by atoms with Gasteiger partial charge in [-0.1, -0.05) is 51.1 Å². The molecule has 0 aliphatic heterocycles. The summed E-state index contributed by atoms with van der Waals surface area (Å²) in [7, 11) is 0. The standard InChI is InChI=1S/C19H25NO/c1-4-15-10-7-8-13-19(15)21-17-12-9-11-16(14-17)18(5-2)20-6-3/h7-14,18,20H,4-6H2,1-3H3. The molecule has 0 saturated carbocycles. The predicted molar refractivity (Wildman–Crippen MR) is 89.0 cm³/mol. The Balaban J connectivity index is 2.21. The molecule has 0 aromatic heterocycles. The van der Waals surface area contributed by atoms with Crippen molar-refractivity contribution in [3.8, 4) is 11.5 Å². The third-order valence-corrected chi connectivity index (χ3v) is 3.70. The number of nitrogens with one attached hydrogen (secondary N) is 1. The highest BCUT2D eigenvalue weighted by atomic mass is 16.5. The van der Waals surface area contributed by atoms with Crippen LogP contribution in [0.25, 0.3) is 0 Å². The molecule has 2 heteroatoms. The van der Waals surface area contributed by atoms with E-state index in [-0.39, 0.29) is 0 Å². The fraction of sp³-hybridized carbons (Fsp3) is 0.368. The number of hydrogen-bond acceptors (Lipinski definition) is 2. The van der Waals surface area contributed by atoms with Crippen LogP contribution in [0.1, 0.15) is 44.4 Å². The molecule has 0 radical (unpaired) electrons. The number of ether oxygens (including phenoxy) is 1. The molecule has 2 aromatic rings. The van der Waals surface area contributed by atoms with Crippen LogP contribution in [-0.4, -0.2) is 6.54 Å². The van der Waals surface area contributed by atoms with E-state index in [4.69, 9.17) is 4.74 Å². The molecule has 0 heterocycles. The lowest BCUT2D eigenvalue weighted by Gasteiger charge is -2.17. The zero-order chi connectivity index (χ0) is 15.1. The van der Waals surface area contributed by atoms with E-state index >= 15 is 0 Å². The van der Waals surface area contributed by atoms with Crippen molar-refractivity contribution in [2.45, 2.75) is 39.7 Å². The lowest BCUT2D eigenvalue weighted by molar-refractivity contribution is 0.472. The summed E-state index contributed by atoms with van der Waals surface area (Å²) in [6.45, 7) is 7.47. The first-order valence-corrected chi connectivity index (χ1v) is 7.87. The second-order valence-electron chi connectivity index (χ2n) is 5.15. The third-order valence-electron chi connectivity index (χ3n) is 3.70. The molecule has 1 atom stereocenters. The molecule has 0 amide bonds. The van der Waals surface area contributed by atoms with Crippen LogP contribution in [0.4, 0.5) is 0 Å². The van der Waals surface area contributed by atoms with Gasteiger partial charge in [0, 0.05) is 6.04 Å². The Kier molecular flexibility index (Phi) is 5.82. The Morgan fingerprint density at radius 3 is 2.52 bits per heavy atom. The van der Waals surface area contributed by atoms with E-state index < -0.39 is 0 Å². The molecular formula is C19H25NO. The molecule has 0 bridgehead atoms. The van der Waals surface area contributed by atoms with Gasteiger partial charge in [-0.3, -0.25) is 0 Å². The molecule has 112 valence electrons. The van der Waals surface area contributed by atoms with Gasteiger partial charge in [-0.05, 0) is 48.7 Å². The molecule has 2 rings (SSSR count). The summed E-state index contributed by atoms with van der Waals surface area (Å²) in [4.78, 5) is 0. The van der Waals surface area contributed by atoms with Crippen molar-refractivity contribution in [3.05, 3.63) is 59.7 Å². The van der Waals surface area contributed by atoms with E-state index in [1.54, 1.807) is 0 Å². The van der Waals surface area contributed by atoms with Crippen molar-refractivity contribution in [1.82, 2.24) is 5.32 Å². The van der Waals surface area contributed by atoms with Crippen LogP contribution in [0.2, 0.25) is 0 Å². The molecule has 0 aliphatic carbocycles. The van der Waals surface area contributed by atoms with Crippen LogP contribution in [0.3, 0.4) is 0 Å². The highest BCUT2D eigenvalue weighted by Gasteiger charge is 2.09. The summed E-state index contributed by atoms with van der Waals surface area (Å²) in [5.41, 5.74) is 2.52. The van der Waals surface area contributed by atoms with E-state index in [0.717, 1.165) is 30.9 Å². The number of para-hydroxylation sites is 1. The molecule has 1 unspecified atom stereocenters. The summed E-state index contributed by atoms with van der Waals surface area (Å²) >= 11 is 0. The van der Waals surface area contributed by atoms with Crippen molar-refractivity contribution in [2.75, 3.05) is 6.54 Å². The minimum absolute atomic E-state index is 0.389. The van der Waals surface area contributed by atoms with Gasteiger partial charge in [0.2, 0.25) is 0 Å². The van der Waals surface area contributed by atoms with Crippen LogP contribution in [-0.2, 0) is 6.42 Å². The lowest BCUT2D eigenvalue weighted by Crippen LogP contribution is -2.19. The van der Waals surface area contributed by atoms with Crippen molar-refractivity contribution in [2.24, 2.45) is 0 Å². The smallest absolute Gasteiger partial charge is 0.130 e. The first-order chi connectivity index (χ1) is 10.3. The van der Waals surface area contributed by atoms with E-state index in [1.807, 2.05) is 18.2 Å². The van der Waals surface area contributed by atoms with E-state index in [1.165, 1.54) is 11.1 Å². The largest absolute Gasteiger partial charge is 0.457 e. The number of aryl methyl sites for hydroxylation is 1. The quantitative estimate of drug-likeness (QED) is 0.763. The normalized spacial score (nSPS) is 12.1. The van der Waals surface area contributed by atoms with Gasteiger partial charge < -0.3 is 10.1 Å². The Bertz CT molecular complexity index is 565. The highest BCUT2D eigenvalue weighted by Crippen LogP contribution is 2.28. The van der Waals surface area contributed by atoms with Gasteiger partial charge in [0.25, 0.3) is 0 Å². The van der Waals surface area contributed by atoms with E-state index in [2.05, 4.69) is 56.4 Å². The molecule has 0 fully saturated rings. The lowest BCUT2D eigenvalue weighted by atomic mass is 10.0. The molecule has 1 N–H and O–H groups in total. The monoisotopic (exact) mass is 283 g/mol. The van der Waals surface area contributed by atoms with Gasteiger partial charge >= 0.3 is 0 Å². The summed E-state index contributed by atoms with van der Waals surface area (Å²) in [6.07, 6.45) is 2.05. The SMILES string of the molecule is CCNC(CC)c1cccc(Oc2ccccc2CC)c1. The van der Waals surface area contributed by atoms with Crippen molar-refractivity contribution < 1.29 is 4.74 Å². The van der Waals surface area contributed by atoms with E-state index in [9.17, 15) is 0 Å². The van der Waals surface area contributed by atoms with Crippen LogP contribution in [0, 0.1) is 0 Å². The topological polar surface area (TPSA) is 21.3 Å². The molecule has 2 aromatic carbocycles. The molecular weight excluding hydrogens is 258 g/mol. The molecule has 0 saturated heterocycles. The van der Waals surface area contributed by atoms with Crippen molar-refractivity contribution in [3.63, 3.8) is 0 Å². The van der Waals surface area contributed by atoms with Gasteiger partial charge in [0.15, 0.2) is 0 Å². The second-order valence-corrected chi connectivity index (χ2v) is 5.15. The Morgan fingerprint density at radius 2 is 1.81 bits per heavy atom. The van der Waals surface area contributed by atoms with Crippen molar-refractivity contribution in [1.29, 1.82) is 0 Å².